The van der Waals surface area contributed by atoms with E-state index in [4.69, 9.17) is 20.8 Å². The molecule has 10 heteroatoms. The maximum atomic E-state index is 13.5. The summed E-state index contributed by atoms with van der Waals surface area (Å²) in [5.41, 5.74) is 1.39. The molecular formula is C31H31ClN2O6S. The molecule has 5 rings (SSSR count). The summed E-state index contributed by atoms with van der Waals surface area (Å²) in [6.45, 7) is 4.82. The Bertz CT molecular complexity index is 1720. The van der Waals surface area contributed by atoms with Crippen molar-refractivity contribution in [1.82, 2.24) is 4.31 Å². The molecule has 1 N–H and O–H groups in total. The number of ketones is 2. The zero-order chi connectivity index (χ0) is 29.3. The lowest BCUT2D eigenvalue weighted by atomic mass is 9.94. The summed E-state index contributed by atoms with van der Waals surface area (Å²) < 4.78 is 39.4. The molecule has 2 unspecified atom stereocenters. The number of carbonyl (C=O) groups excluding carboxylic acids is 2. The first-order chi connectivity index (χ1) is 19.6. The standard InChI is InChI=1S/C31H31ClN2O6S/c1-19-13-20(2)18-34(17-19)41(37,38)23-8-6-7-21(14-23)26(35)16-33-29-24-9-4-5-10-27(24)40-31(29)30(36)22-11-12-28(39-3)25(32)15-22/h4-12,14-15,19-20,33H,13,16-18H2,1-3H3. The van der Waals surface area contributed by atoms with Crippen molar-refractivity contribution >= 4 is 49.8 Å². The van der Waals surface area contributed by atoms with E-state index in [-0.39, 0.29) is 45.4 Å². The third-order valence-corrected chi connectivity index (χ3v) is 9.39. The van der Waals surface area contributed by atoms with Gasteiger partial charge in [-0.3, -0.25) is 9.59 Å². The number of hydrogen-bond acceptors (Lipinski definition) is 7. The molecule has 214 valence electrons. The molecule has 4 aromatic rings. The summed E-state index contributed by atoms with van der Waals surface area (Å²) in [6.07, 6.45) is 0.981. The zero-order valence-corrected chi connectivity index (χ0v) is 24.6. The van der Waals surface area contributed by atoms with Gasteiger partial charge in [-0.05, 0) is 60.7 Å². The summed E-state index contributed by atoms with van der Waals surface area (Å²) in [5, 5.41) is 3.99. The number of sulfonamides is 1. The molecular weight excluding hydrogens is 564 g/mol. The number of benzene rings is 3. The minimum absolute atomic E-state index is 0.0323. The highest BCUT2D eigenvalue weighted by atomic mass is 35.5. The molecule has 0 radical (unpaired) electrons. The first-order valence-corrected chi connectivity index (χ1v) is 15.2. The smallest absolute Gasteiger partial charge is 0.243 e. The summed E-state index contributed by atoms with van der Waals surface area (Å²) >= 11 is 6.24. The van der Waals surface area contributed by atoms with Crippen LogP contribution < -0.4 is 10.1 Å². The number of furan rings is 1. The largest absolute Gasteiger partial charge is 0.495 e. The minimum atomic E-state index is -3.75. The quantitative estimate of drug-likeness (QED) is 0.227. The third kappa shape index (κ3) is 5.88. The monoisotopic (exact) mass is 594 g/mol. The van der Waals surface area contributed by atoms with Crippen molar-refractivity contribution in [1.29, 1.82) is 0 Å². The fourth-order valence-electron chi connectivity index (χ4n) is 5.37. The van der Waals surface area contributed by atoms with Gasteiger partial charge in [0.05, 0.1) is 29.3 Å². The zero-order valence-electron chi connectivity index (χ0n) is 23.0. The summed E-state index contributed by atoms with van der Waals surface area (Å²) in [4.78, 5) is 26.8. The van der Waals surface area contributed by atoms with Gasteiger partial charge in [0.25, 0.3) is 0 Å². The highest BCUT2D eigenvalue weighted by Crippen LogP contribution is 2.34. The van der Waals surface area contributed by atoms with Crippen molar-refractivity contribution in [3.05, 3.63) is 88.6 Å². The number of para-hydroxylation sites is 1. The molecule has 1 saturated heterocycles. The average Bonchev–Trinajstić information content (AvgIpc) is 3.33. The molecule has 0 amide bonds. The normalized spacial score (nSPS) is 17.9. The van der Waals surface area contributed by atoms with Crippen LogP contribution in [0.3, 0.4) is 0 Å². The predicted octanol–water partition coefficient (Wildman–Crippen LogP) is 6.29. The molecule has 41 heavy (non-hydrogen) atoms. The van der Waals surface area contributed by atoms with Crippen LogP contribution in [-0.2, 0) is 10.0 Å². The van der Waals surface area contributed by atoms with Gasteiger partial charge in [0, 0.05) is 29.6 Å². The van der Waals surface area contributed by atoms with Crippen LogP contribution in [0.1, 0.15) is 46.7 Å². The van der Waals surface area contributed by atoms with Crippen LogP contribution in [-0.4, -0.2) is 51.0 Å². The molecule has 2 heterocycles. The molecule has 1 aliphatic heterocycles. The number of ether oxygens (including phenoxy) is 1. The number of methoxy groups -OCH3 is 1. The van der Waals surface area contributed by atoms with Gasteiger partial charge in [-0.1, -0.05) is 49.7 Å². The SMILES string of the molecule is COc1ccc(C(=O)c2oc3ccccc3c2NCC(=O)c2cccc(S(=O)(=O)N3CC(C)CC(C)C3)c2)cc1Cl. The van der Waals surface area contributed by atoms with Crippen molar-refractivity contribution < 1.29 is 27.2 Å². The molecule has 1 fully saturated rings. The lowest BCUT2D eigenvalue weighted by Crippen LogP contribution is -2.42. The number of halogens is 1. The lowest BCUT2D eigenvalue weighted by Gasteiger charge is -2.34. The molecule has 0 saturated carbocycles. The van der Waals surface area contributed by atoms with Gasteiger partial charge in [-0.25, -0.2) is 8.42 Å². The van der Waals surface area contributed by atoms with Crippen LogP contribution in [0.15, 0.2) is 76.0 Å². The second-order valence-corrected chi connectivity index (χ2v) is 12.9. The van der Waals surface area contributed by atoms with Gasteiger partial charge < -0.3 is 14.5 Å². The Morgan fingerprint density at radius 3 is 2.44 bits per heavy atom. The van der Waals surface area contributed by atoms with Crippen LogP contribution >= 0.6 is 11.6 Å². The number of Topliss-reactive ketones (excluding diaryl/α,β-unsaturated/α-hetero) is 1. The van der Waals surface area contributed by atoms with Gasteiger partial charge in [0.1, 0.15) is 11.3 Å². The van der Waals surface area contributed by atoms with Crippen molar-refractivity contribution in [2.45, 2.75) is 25.2 Å². The Morgan fingerprint density at radius 2 is 1.73 bits per heavy atom. The fraction of sp³-hybridized carbons (Fsp3) is 0.290. The van der Waals surface area contributed by atoms with Gasteiger partial charge in [0.15, 0.2) is 11.5 Å². The van der Waals surface area contributed by atoms with E-state index in [0.717, 1.165) is 6.42 Å². The number of fused-ring (bicyclic) bond motifs is 1. The minimum Gasteiger partial charge on any atom is -0.495 e. The highest BCUT2D eigenvalue weighted by molar-refractivity contribution is 7.89. The number of carbonyl (C=O) groups is 2. The first kappa shape index (κ1) is 28.9. The third-order valence-electron chi connectivity index (χ3n) is 7.27. The average molecular weight is 595 g/mol. The number of rotatable bonds is 9. The van der Waals surface area contributed by atoms with Crippen LogP contribution in [0.4, 0.5) is 5.69 Å². The first-order valence-electron chi connectivity index (χ1n) is 13.4. The van der Waals surface area contributed by atoms with Gasteiger partial charge >= 0.3 is 0 Å². The Hall–Kier alpha value is -3.66. The van der Waals surface area contributed by atoms with E-state index in [1.54, 1.807) is 48.5 Å². The molecule has 8 nitrogen and oxygen atoms in total. The molecule has 1 aliphatic rings. The Balaban J connectivity index is 1.40. The van der Waals surface area contributed by atoms with E-state index in [1.807, 2.05) is 13.8 Å². The molecule has 0 aliphatic carbocycles. The van der Waals surface area contributed by atoms with E-state index in [1.165, 1.54) is 29.6 Å². The number of nitrogens with zero attached hydrogens (tertiary/aromatic N) is 1. The van der Waals surface area contributed by atoms with Crippen molar-refractivity contribution in [2.75, 3.05) is 32.1 Å². The van der Waals surface area contributed by atoms with Crippen molar-refractivity contribution in [2.24, 2.45) is 11.8 Å². The van der Waals surface area contributed by atoms with E-state index in [0.29, 0.717) is 41.1 Å². The van der Waals surface area contributed by atoms with E-state index in [2.05, 4.69) is 5.32 Å². The Labute approximate surface area is 244 Å². The van der Waals surface area contributed by atoms with E-state index >= 15 is 0 Å². The van der Waals surface area contributed by atoms with Crippen LogP contribution in [0, 0.1) is 11.8 Å². The Kier molecular flexibility index (Phi) is 8.22. The van der Waals surface area contributed by atoms with Crippen LogP contribution in [0.25, 0.3) is 11.0 Å². The second kappa shape index (κ2) is 11.7. The Morgan fingerprint density at radius 1 is 1.00 bits per heavy atom. The fourth-order valence-corrected chi connectivity index (χ4v) is 7.36. The van der Waals surface area contributed by atoms with Crippen LogP contribution in [0.2, 0.25) is 5.02 Å². The number of anilines is 1. The van der Waals surface area contributed by atoms with Crippen LogP contribution in [0.5, 0.6) is 5.75 Å². The predicted molar refractivity (Wildman–Crippen MR) is 159 cm³/mol. The number of piperidine rings is 1. The van der Waals surface area contributed by atoms with Crippen molar-refractivity contribution in [3.8, 4) is 5.75 Å². The maximum absolute atomic E-state index is 13.5. The van der Waals surface area contributed by atoms with E-state index < -0.39 is 15.8 Å². The second-order valence-electron chi connectivity index (χ2n) is 10.6. The van der Waals surface area contributed by atoms with E-state index in [9.17, 15) is 18.0 Å². The lowest BCUT2D eigenvalue weighted by molar-refractivity contribution is 0.0997. The topological polar surface area (TPSA) is 106 Å². The summed E-state index contributed by atoms with van der Waals surface area (Å²) in [6, 6.07) is 17.9. The molecule has 0 spiro atoms. The number of nitrogens with one attached hydrogen (secondary N) is 1. The van der Waals surface area contributed by atoms with Gasteiger partial charge in [-0.2, -0.15) is 4.31 Å². The molecule has 2 atom stereocenters. The highest BCUT2D eigenvalue weighted by Gasteiger charge is 2.32. The number of hydrogen-bond donors (Lipinski definition) is 1. The summed E-state index contributed by atoms with van der Waals surface area (Å²) in [5.74, 6) is 0.240. The molecule has 3 aromatic carbocycles. The van der Waals surface area contributed by atoms with Gasteiger partial charge in [0.2, 0.25) is 15.8 Å². The van der Waals surface area contributed by atoms with Gasteiger partial charge in [-0.15, -0.1) is 0 Å². The summed E-state index contributed by atoms with van der Waals surface area (Å²) in [7, 11) is -2.26. The maximum Gasteiger partial charge on any atom is 0.243 e. The molecule has 1 aromatic heterocycles. The van der Waals surface area contributed by atoms with Crippen molar-refractivity contribution in [3.63, 3.8) is 0 Å². The molecule has 0 bridgehead atoms.